The van der Waals surface area contributed by atoms with Crippen molar-refractivity contribution in [2.75, 3.05) is 6.54 Å². The molecular formula is C12H20N4O3. The summed E-state index contributed by atoms with van der Waals surface area (Å²) in [4.78, 5) is 22.4. The molecule has 1 unspecified atom stereocenters. The molecule has 19 heavy (non-hydrogen) atoms. The quantitative estimate of drug-likeness (QED) is 0.717. The van der Waals surface area contributed by atoms with Crippen molar-refractivity contribution in [3.63, 3.8) is 0 Å². The molecule has 0 spiro atoms. The second kappa shape index (κ2) is 7.50. The molecule has 1 heterocycles. The molecule has 106 valence electrons. The van der Waals surface area contributed by atoms with E-state index in [1.165, 1.54) is 10.9 Å². The van der Waals surface area contributed by atoms with E-state index in [9.17, 15) is 9.59 Å². The van der Waals surface area contributed by atoms with E-state index in [0.717, 1.165) is 6.42 Å². The van der Waals surface area contributed by atoms with Crippen LogP contribution < -0.4 is 5.32 Å². The molecule has 7 nitrogen and oxygen atoms in total. The standard InChI is InChI=1S/C12H20N4O3/c1-9(2)5-10(6-12(18)19)7-13-11(17)8-16-4-3-14-15-16/h3-4,9-10H,5-8H2,1-2H3,(H,13,17)(H,18,19). The van der Waals surface area contributed by atoms with E-state index >= 15 is 0 Å². The SMILES string of the molecule is CC(C)CC(CNC(=O)Cn1ccnn1)CC(=O)O. The summed E-state index contributed by atoms with van der Waals surface area (Å²) in [6.07, 6.45) is 3.94. The molecule has 0 aliphatic carbocycles. The number of carbonyl (C=O) groups is 2. The van der Waals surface area contributed by atoms with Crippen molar-refractivity contribution in [1.29, 1.82) is 0 Å². The highest BCUT2D eigenvalue weighted by Crippen LogP contribution is 2.14. The molecule has 1 atom stereocenters. The van der Waals surface area contributed by atoms with Crippen molar-refractivity contribution >= 4 is 11.9 Å². The predicted molar refractivity (Wildman–Crippen MR) is 68.2 cm³/mol. The maximum Gasteiger partial charge on any atom is 0.303 e. The van der Waals surface area contributed by atoms with Crippen molar-refractivity contribution in [2.45, 2.75) is 33.2 Å². The van der Waals surface area contributed by atoms with Gasteiger partial charge in [-0.15, -0.1) is 5.10 Å². The minimum absolute atomic E-state index is 0.0443. The highest BCUT2D eigenvalue weighted by Gasteiger charge is 2.16. The van der Waals surface area contributed by atoms with Crippen LogP contribution in [0.15, 0.2) is 12.4 Å². The van der Waals surface area contributed by atoms with Gasteiger partial charge in [-0.3, -0.25) is 9.59 Å². The van der Waals surface area contributed by atoms with Gasteiger partial charge in [0.1, 0.15) is 6.54 Å². The van der Waals surface area contributed by atoms with Crippen molar-refractivity contribution < 1.29 is 14.7 Å². The molecule has 0 bridgehead atoms. The molecule has 1 rings (SSSR count). The lowest BCUT2D eigenvalue weighted by Crippen LogP contribution is -2.33. The van der Waals surface area contributed by atoms with Crippen molar-refractivity contribution in [3.05, 3.63) is 12.4 Å². The Morgan fingerprint density at radius 3 is 2.68 bits per heavy atom. The maximum absolute atomic E-state index is 11.6. The number of hydrogen-bond acceptors (Lipinski definition) is 4. The normalized spacial score (nSPS) is 12.4. The summed E-state index contributed by atoms with van der Waals surface area (Å²) in [6, 6.07) is 0. The van der Waals surface area contributed by atoms with E-state index in [1.54, 1.807) is 6.20 Å². The third kappa shape index (κ3) is 6.54. The number of amides is 1. The first-order chi connectivity index (χ1) is 8.97. The van der Waals surface area contributed by atoms with Crippen LogP contribution in [-0.4, -0.2) is 38.5 Å². The molecule has 0 aliphatic heterocycles. The Hall–Kier alpha value is -1.92. The van der Waals surface area contributed by atoms with Gasteiger partial charge in [0.2, 0.25) is 5.91 Å². The van der Waals surface area contributed by atoms with Gasteiger partial charge in [0.15, 0.2) is 0 Å². The molecule has 0 aliphatic rings. The minimum Gasteiger partial charge on any atom is -0.481 e. The summed E-state index contributed by atoms with van der Waals surface area (Å²) in [7, 11) is 0. The van der Waals surface area contributed by atoms with E-state index in [0.29, 0.717) is 12.5 Å². The third-order valence-electron chi connectivity index (χ3n) is 2.63. The summed E-state index contributed by atoms with van der Waals surface area (Å²) in [5.41, 5.74) is 0. The molecule has 7 heteroatoms. The number of carbonyl (C=O) groups excluding carboxylic acids is 1. The van der Waals surface area contributed by atoms with Gasteiger partial charge in [0.05, 0.1) is 6.20 Å². The molecule has 0 radical (unpaired) electrons. The number of nitrogens with one attached hydrogen (secondary N) is 1. The average molecular weight is 268 g/mol. The lowest BCUT2D eigenvalue weighted by Gasteiger charge is -2.17. The summed E-state index contributed by atoms with van der Waals surface area (Å²) in [5, 5.41) is 18.9. The molecule has 0 aromatic carbocycles. The highest BCUT2D eigenvalue weighted by molar-refractivity contribution is 5.75. The van der Waals surface area contributed by atoms with Gasteiger partial charge in [0, 0.05) is 19.2 Å². The molecule has 2 N–H and O–H groups in total. The number of aliphatic carboxylic acids is 1. The number of nitrogens with zero attached hydrogens (tertiary/aromatic N) is 3. The lowest BCUT2D eigenvalue weighted by molar-refractivity contribution is -0.138. The zero-order valence-corrected chi connectivity index (χ0v) is 11.2. The Kier molecular flexibility index (Phi) is 5.98. The molecule has 0 fully saturated rings. The van der Waals surface area contributed by atoms with Gasteiger partial charge in [0.25, 0.3) is 0 Å². The number of carboxylic acids is 1. The van der Waals surface area contributed by atoms with Crippen molar-refractivity contribution in [3.8, 4) is 0 Å². The Labute approximate surface area is 112 Å². The fourth-order valence-electron chi connectivity index (χ4n) is 1.93. The average Bonchev–Trinajstić information content (AvgIpc) is 2.77. The number of carboxylic acid groups (broad SMARTS) is 1. The van der Waals surface area contributed by atoms with Crippen LogP contribution in [0.4, 0.5) is 0 Å². The van der Waals surface area contributed by atoms with Crippen LogP contribution in [0.1, 0.15) is 26.7 Å². The monoisotopic (exact) mass is 268 g/mol. The smallest absolute Gasteiger partial charge is 0.303 e. The summed E-state index contributed by atoms with van der Waals surface area (Å²) < 4.78 is 1.42. The van der Waals surface area contributed by atoms with Crippen LogP contribution >= 0.6 is 0 Å². The van der Waals surface area contributed by atoms with Crippen molar-refractivity contribution in [1.82, 2.24) is 20.3 Å². The van der Waals surface area contributed by atoms with E-state index < -0.39 is 5.97 Å². The van der Waals surface area contributed by atoms with Gasteiger partial charge in [-0.2, -0.15) is 0 Å². The Morgan fingerprint density at radius 2 is 2.16 bits per heavy atom. The van der Waals surface area contributed by atoms with Crippen LogP contribution in [-0.2, 0) is 16.1 Å². The predicted octanol–water partition coefficient (Wildman–Crippen LogP) is 0.531. The lowest BCUT2D eigenvalue weighted by atomic mass is 9.94. The van der Waals surface area contributed by atoms with Crippen molar-refractivity contribution in [2.24, 2.45) is 11.8 Å². The number of rotatable bonds is 8. The summed E-state index contributed by atoms with van der Waals surface area (Å²) >= 11 is 0. The van der Waals surface area contributed by atoms with E-state index in [2.05, 4.69) is 15.6 Å². The van der Waals surface area contributed by atoms with Gasteiger partial charge >= 0.3 is 5.97 Å². The topological polar surface area (TPSA) is 97.1 Å². The minimum atomic E-state index is -0.837. The Bertz CT molecular complexity index is 403. The molecule has 0 saturated heterocycles. The summed E-state index contributed by atoms with van der Waals surface area (Å²) in [5.74, 6) is -0.672. The fraction of sp³-hybridized carbons (Fsp3) is 0.667. The van der Waals surface area contributed by atoms with Crippen LogP contribution in [0.25, 0.3) is 0 Å². The van der Waals surface area contributed by atoms with Crippen LogP contribution in [0.2, 0.25) is 0 Å². The molecule has 1 amide bonds. The molecule has 0 saturated carbocycles. The van der Waals surface area contributed by atoms with E-state index in [1.807, 2.05) is 13.8 Å². The van der Waals surface area contributed by atoms with Crippen LogP contribution in [0, 0.1) is 11.8 Å². The third-order valence-corrected chi connectivity index (χ3v) is 2.63. The van der Waals surface area contributed by atoms with Crippen LogP contribution in [0.5, 0.6) is 0 Å². The second-order valence-corrected chi connectivity index (χ2v) is 5.00. The van der Waals surface area contributed by atoms with Gasteiger partial charge < -0.3 is 10.4 Å². The zero-order valence-electron chi connectivity index (χ0n) is 11.2. The second-order valence-electron chi connectivity index (χ2n) is 5.00. The Balaban J connectivity index is 2.37. The first-order valence-electron chi connectivity index (χ1n) is 6.30. The highest BCUT2D eigenvalue weighted by atomic mass is 16.4. The molecule has 1 aromatic rings. The van der Waals surface area contributed by atoms with Gasteiger partial charge in [-0.25, -0.2) is 4.68 Å². The first-order valence-corrected chi connectivity index (χ1v) is 6.30. The molecular weight excluding hydrogens is 248 g/mol. The number of aromatic nitrogens is 3. The van der Waals surface area contributed by atoms with Gasteiger partial charge in [-0.05, 0) is 18.3 Å². The summed E-state index contributed by atoms with van der Waals surface area (Å²) in [6.45, 7) is 4.54. The maximum atomic E-state index is 11.6. The van der Waals surface area contributed by atoms with E-state index in [-0.39, 0.29) is 24.8 Å². The zero-order chi connectivity index (χ0) is 14.3. The Morgan fingerprint density at radius 1 is 1.42 bits per heavy atom. The largest absolute Gasteiger partial charge is 0.481 e. The van der Waals surface area contributed by atoms with Crippen LogP contribution in [0.3, 0.4) is 0 Å². The van der Waals surface area contributed by atoms with Gasteiger partial charge in [-0.1, -0.05) is 19.1 Å². The van der Waals surface area contributed by atoms with E-state index in [4.69, 9.17) is 5.11 Å². The molecule has 1 aromatic heterocycles. The number of hydrogen-bond donors (Lipinski definition) is 2. The first kappa shape index (κ1) is 15.1. The fourth-order valence-corrected chi connectivity index (χ4v) is 1.93.